The van der Waals surface area contributed by atoms with Gasteiger partial charge in [-0.15, -0.1) is 0 Å². The first kappa shape index (κ1) is 14.3. The van der Waals surface area contributed by atoms with Gasteiger partial charge in [-0.2, -0.15) is 0 Å². The Bertz CT molecular complexity index is 607. The summed E-state index contributed by atoms with van der Waals surface area (Å²) >= 11 is 0. The summed E-state index contributed by atoms with van der Waals surface area (Å²) in [5.41, 5.74) is 3.44. The summed E-state index contributed by atoms with van der Waals surface area (Å²) in [6.07, 6.45) is 0.823. The van der Waals surface area contributed by atoms with Crippen LogP contribution in [0.25, 0.3) is 0 Å². The number of benzene rings is 1. The highest BCUT2D eigenvalue weighted by Gasteiger charge is 2.14. The fraction of sp³-hybridized carbons (Fsp3) is 0.375. The molecule has 4 nitrogen and oxygen atoms in total. The fourth-order valence-electron chi connectivity index (χ4n) is 2.24. The van der Waals surface area contributed by atoms with Crippen molar-refractivity contribution in [2.45, 2.75) is 27.2 Å². The van der Waals surface area contributed by atoms with Crippen LogP contribution < -0.4 is 10.2 Å². The van der Waals surface area contributed by atoms with Crippen LogP contribution in [0.15, 0.2) is 24.3 Å². The molecular formula is C16H22N4. The number of rotatable bonds is 4. The normalized spacial score (nSPS) is 10.4. The van der Waals surface area contributed by atoms with Crippen LogP contribution in [-0.4, -0.2) is 24.1 Å². The van der Waals surface area contributed by atoms with E-state index in [1.165, 1.54) is 5.56 Å². The number of hydrogen-bond acceptors (Lipinski definition) is 4. The van der Waals surface area contributed by atoms with E-state index in [1.807, 2.05) is 21.0 Å². The van der Waals surface area contributed by atoms with E-state index in [0.29, 0.717) is 0 Å². The SMILES string of the molecule is CCc1nc(NC)c(C)c(N(C)c2cccc(C)c2)n1. The van der Waals surface area contributed by atoms with Gasteiger partial charge >= 0.3 is 0 Å². The average molecular weight is 270 g/mol. The maximum absolute atomic E-state index is 4.68. The first-order valence-electron chi connectivity index (χ1n) is 6.92. The van der Waals surface area contributed by atoms with Crippen molar-refractivity contribution in [1.82, 2.24) is 9.97 Å². The lowest BCUT2D eigenvalue weighted by atomic mass is 10.2. The standard InChI is InChI=1S/C16H22N4/c1-6-14-18-15(17-4)12(3)16(19-14)20(5)13-9-7-8-11(2)10-13/h7-10H,6H2,1-5H3,(H,17,18,19). The third-order valence-electron chi connectivity index (χ3n) is 3.43. The van der Waals surface area contributed by atoms with Crippen molar-refractivity contribution in [2.24, 2.45) is 0 Å². The molecule has 1 aromatic heterocycles. The topological polar surface area (TPSA) is 41.1 Å². The smallest absolute Gasteiger partial charge is 0.141 e. The van der Waals surface area contributed by atoms with Gasteiger partial charge in [-0.1, -0.05) is 19.1 Å². The van der Waals surface area contributed by atoms with E-state index in [4.69, 9.17) is 0 Å². The van der Waals surface area contributed by atoms with Crippen LogP contribution in [0.4, 0.5) is 17.3 Å². The summed E-state index contributed by atoms with van der Waals surface area (Å²) in [6.45, 7) is 6.22. The van der Waals surface area contributed by atoms with Crippen LogP contribution in [0.3, 0.4) is 0 Å². The summed E-state index contributed by atoms with van der Waals surface area (Å²) in [5.74, 6) is 2.70. The summed E-state index contributed by atoms with van der Waals surface area (Å²) in [7, 11) is 3.94. The van der Waals surface area contributed by atoms with E-state index >= 15 is 0 Å². The Balaban J connectivity index is 2.50. The van der Waals surface area contributed by atoms with Crippen molar-refractivity contribution in [3.8, 4) is 0 Å². The Labute approximate surface area is 120 Å². The molecule has 1 aromatic carbocycles. The lowest BCUT2D eigenvalue weighted by Gasteiger charge is -2.22. The van der Waals surface area contributed by atoms with Crippen molar-refractivity contribution in [2.75, 3.05) is 24.3 Å². The highest BCUT2D eigenvalue weighted by molar-refractivity contribution is 5.67. The zero-order valence-corrected chi connectivity index (χ0v) is 12.9. The Morgan fingerprint density at radius 2 is 1.95 bits per heavy atom. The highest BCUT2D eigenvalue weighted by atomic mass is 15.2. The Hall–Kier alpha value is -2.10. The molecule has 1 N–H and O–H groups in total. The number of aromatic nitrogens is 2. The van der Waals surface area contributed by atoms with Crippen molar-refractivity contribution in [3.05, 3.63) is 41.2 Å². The molecule has 0 radical (unpaired) electrons. The maximum Gasteiger partial charge on any atom is 0.141 e. The second kappa shape index (κ2) is 5.90. The third-order valence-corrected chi connectivity index (χ3v) is 3.43. The summed E-state index contributed by atoms with van der Waals surface area (Å²) < 4.78 is 0. The van der Waals surface area contributed by atoms with Crippen LogP contribution in [-0.2, 0) is 6.42 Å². The minimum absolute atomic E-state index is 0.823. The first-order chi connectivity index (χ1) is 9.56. The lowest BCUT2D eigenvalue weighted by molar-refractivity contribution is 0.917. The predicted molar refractivity (Wildman–Crippen MR) is 84.9 cm³/mol. The third kappa shape index (κ3) is 2.74. The van der Waals surface area contributed by atoms with Gasteiger partial charge in [0.2, 0.25) is 0 Å². The molecule has 0 spiro atoms. The molecule has 0 saturated heterocycles. The lowest BCUT2D eigenvalue weighted by Crippen LogP contribution is -2.16. The van der Waals surface area contributed by atoms with E-state index in [2.05, 4.69) is 58.3 Å². The van der Waals surface area contributed by atoms with Gasteiger partial charge < -0.3 is 10.2 Å². The minimum atomic E-state index is 0.823. The Morgan fingerprint density at radius 1 is 1.20 bits per heavy atom. The van der Waals surface area contributed by atoms with Crippen molar-refractivity contribution in [1.29, 1.82) is 0 Å². The quantitative estimate of drug-likeness (QED) is 0.923. The molecule has 0 fully saturated rings. The van der Waals surface area contributed by atoms with Gasteiger partial charge in [-0.3, -0.25) is 0 Å². The largest absolute Gasteiger partial charge is 0.373 e. The number of nitrogens with one attached hydrogen (secondary N) is 1. The van der Waals surface area contributed by atoms with Gasteiger partial charge in [0.1, 0.15) is 17.5 Å². The average Bonchev–Trinajstić information content (AvgIpc) is 2.47. The molecule has 106 valence electrons. The minimum Gasteiger partial charge on any atom is -0.373 e. The molecule has 4 heteroatoms. The van der Waals surface area contributed by atoms with E-state index in [0.717, 1.165) is 35.1 Å². The maximum atomic E-state index is 4.68. The molecule has 0 amide bonds. The second-order valence-corrected chi connectivity index (χ2v) is 4.94. The van der Waals surface area contributed by atoms with E-state index in [1.54, 1.807) is 0 Å². The Kier molecular flexibility index (Phi) is 4.23. The van der Waals surface area contributed by atoms with Gasteiger partial charge in [0, 0.05) is 31.8 Å². The summed E-state index contributed by atoms with van der Waals surface area (Å²) in [4.78, 5) is 11.3. The highest BCUT2D eigenvalue weighted by Crippen LogP contribution is 2.28. The number of nitrogens with zero attached hydrogens (tertiary/aromatic N) is 3. The van der Waals surface area contributed by atoms with E-state index in [-0.39, 0.29) is 0 Å². The zero-order valence-electron chi connectivity index (χ0n) is 12.9. The van der Waals surface area contributed by atoms with Crippen LogP contribution in [0.2, 0.25) is 0 Å². The number of aryl methyl sites for hydroxylation is 2. The molecule has 0 saturated carbocycles. The monoisotopic (exact) mass is 270 g/mol. The summed E-state index contributed by atoms with van der Waals surface area (Å²) in [6, 6.07) is 8.42. The zero-order chi connectivity index (χ0) is 14.7. The molecule has 0 bridgehead atoms. The van der Waals surface area contributed by atoms with Crippen molar-refractivity contribution < 1.29 is 0 Å². The molecule has 0 unspecified atom stereocenters. The van der Waals surface area contributed by atoms with E-state index < -0.39 is 0 Å². The van der Waals surface area contributed by atoms with Crippen LogP contribution >= 0.6 is 0 Å². The van der Waals surface area contributed by atoms with Crippen LogP contribution in [0, 0.1) is 13.8 Å². The van der Waals surface area contributed by atoms with Gasteiger partial charge in [-0.05, 0) is 31.5 Å². The molecule has 2 aromatic rings. The molecule has 2 rings (SSSR count). The molecule has 0 aliphatic heterocycles. The second-order valence-electron chi connectivity index (χ2n) is 4.94. The molecule has 0 aliphatic carbocycles. The van der Waals surface area contributed by atoms with Crippen molar-refractivity contribution in [3.63, 3.8) is 0 Å². The molecule has 0 atom stereocenters. The van der Waals surface area contributed by atoms with Gasteiger partial charge in [0.05, 0.1) is 0 Å². The molecule has 1 heterocycles. The predicted octanol–water partition coefficient (Wildman–Crippen LogP) is 3.47. The van der Waals surface area contributed by atoms with Gasteiger partial charge in [0.25, 0.3) is 0 Å². The Morgan fingerprint density at radius 3 is 2.55 bits per heavy atom. The van der Waals surface area contributed by atoms with Crippen LogP contribution in [0.5, 0.6) is 0 Å². The van der Waals surface area contributed by atoms with Gasteiger partial charge in [-0.25, -0.2) is 9.97 Å². The molecular weight excluding hydrogens is 248 g/mol. The fourth-order valence-corrected chi connectivity index (χ4v) is 2.24. The van der Waals surface area contributed by atoms with Crippen LogP contribution in [0.1, 0.15) is 23.9 Å². The van der Waals surface area contributed by atoms with E-state index in [9.17, 15) is 0 Å². The number of anilines is 3. The molecule has 0 aliphatic rings. The molecule has 20 heavy (non-hydrogen) atoms. The first-order valence-corrected chi connectivity index (χ1v) is 6.92. The van der Waals surface area contributed by atoms with Gasteiger partial charge in [0.15, 0.2) is 0 Å². The van der Waals surface area contributed by atoms with Crippen molar-refractivity contribution >= 4 is 17.3 Å². The summed E-state index contributed by atoms with van der Waals surface area (Å²) in [5, 5.41) is 3.15. The number of hydrogen-bond donors (Lipinski definition) is 1.